The second-order valence-corrected chi connectivity index (χ2v) is 4.09. The first-order valence-corrected chi connectivity index (χ1v) is 4.24. The molecule has 1 saturated heterocycles. The van der Waals surface area contributed by atoms with Crippen LogP contribution in [0.2, 0.25) is 0 Å². The van der Waals surface area contributed by atoms with Crippen LogP contribution in [-0.2, 0) is 9.36 Å². The fourth-order valence-corrected chi connectivity index (χ4v) is 1.85. The third-order valence-corrected chi connectivity index (χ3v) is 3.08. The van der Waals surface area contributed by atoms with E-state index in [1.54, 1.807) is 18.8 Å². The van der Waals surface area contributed by atoms with Crippen molar-refractivity contribution in [3.63, 3.8) is 0 Å². The lowest BCUT2D eigenvalue weighted by Gasteiger charge is -2.15. The van der Waals surface area contributed by atoms with Crippen molar-refractivity contribution in [3.05, 3.63) is 0 Å². The van der Waals surface area contributed by atoms with Crippen molar-refractivity contribution in [2.45, 2.75) is 6.42 Å². The first-order valence-electron chi connectivity index (χ1n) is 3.07. The Bertz CT molecular complexity index is 182. The predicted octanol–water partition coefficient (Wildman–Crippen LogP) is 0.438. The summed E-state index contributed by atoms with van der Waals surface area (Å²) in [7, 11) is 1.73. The Morgan fingerprint density at radius 3 is 2.60 bits per heavy atom. The second-order valence-electron chi connectivity index (χ2n) is 2.30. The topological polar surface area (TPSA) is 40.6 Å². The third kappa shape index (κ3) is 1.18. The molecular formula is C5H10N2O2P+. The zero-order chi connectivity index (χ0) is 7.72. The number of nitrogens with zero attached hydrogens (tertiary/aromatic N) is 2. The average Bonchev–Trinajstić information content (AvgIpc) is 1.93. The maximum atomic E-state index is 11.1. The Morgan fingerprint density at radius 2 is 2.10 bits per heavy atom. The summed E-state index contributed by atoms with van der Waals surface area (Å²) in [5, 5.41) is 0. The summed E-state index contributed by atoms with van der Waals surface area (Å²) in [6.07, 6.45) is 0.480. The van der Waals surface area contributed by atoms with Crippen molar-refractivity contribution >= 4 is 14.0 Å². The maximum Gasteiger partial charge on any atom is 0.568 e. The molecule has 0 spiro atoms. The number of hydrogen-bond donors (Lipinski definition) is 0. The van der Waals surface area contributed by atoms with Crippen molar-refractivity contribution in [1.29, 1.82) is 0 Å². The summed E-state index contributed by atoms with van der Waals surface area (Å²) in [5.41, 5.74) is 0. The minimum atomic E-state index is -1.59. The van der Waals surface area contributed by atoms with Crippen molar-refractivity contribution in [1.82, 2.24) is 9.34 Å². The minimum Gasteiger partial charge on any atom is -0.271 e. The lowest BCUT2D eigenvalue weighted by atomic mass is 10.4. The lowest BCUT2D eigenvalue weighted by Crippen LogP contribution is -2.33. The van der Waals surface area contributed by atoms with E-state index in [2.05, 4.69) is 0 Å². The minimum absolute atomic E-state index is 0.0285. The molecule has 0 bridgehead atoms. The highest BCUT2D eigenvalue weighted by atomic mass is 31.1. The maximum absolute atomic E-state index is 11.1. The molecule has 0 N–H and O–H groups in total. The van der Waals surface area contributed by atoms with Crippen molar-refractivity contribution in [3.8, 4) is 0 Å². The first-order chi connectivity index (χ1) is 4.63. The van der Waals surface area contributed by atoms with Crippen LogP contribution in [0.1, 0.15) is 6.42 Å². The van der Waals surface area contributed by atoms with E-state index in [4.69, 9.17) is 0 Å². The van der Waals surface area contributed by atoms with E-state index in [0.29, 0.717) is 13.0 Å². The van der Waals surface area contributed by atoms with Crippen LogP contribution in [0.15, 0.2) is 0 Å². The normalized spacial score (nSPS) is 25.6. The third-order valence-electron chi connectivity index (χ3n) is 1.56. The van der Waals surface area contributed by atoms with Crippen LogP contribution < -0.4 is 0 Å². The van der Waals surface area contributed by atoms with Crippen LogP contribution >= 0.6 is 8.10 Å². The Hall–Kier alpha value is -0.470. The van der Waals surface area contributed by atoms with E-state index in [9.17, 15) is 9.36 Å². The van der Waals surface area contributed by atoms with Gasteiger partial charge in [0, 0.05) is 13.5 Å². The van der Waals surface area contributed by atoms with Gasteiger partial charge in [-0.3, -0.25) is 4.79 Å². The lowest BCUT2D eigenvalue weighted by molar-refractivity contribution is -0.126. The first kappa shape index (κ1) is 7.63. The van der Waals surface area contributed by atoms with Crippen molar-refractivity contribution in [2.75, 3.05) is 20.6 Å². The molecule has 1 aliphatic heterocycles. The number of rotatable bonds is 0. The van der Waals surface area contributed by atoms with Gasteiger partial charge in [-0.25, -0.2) is 0 Å². The Kier molecular flexibility index (Phi) is 2.02. The molecule has 0 aliphatic carbocycles. The van der Waals surface area contributed by atoms with Gasteiger partial charge in [-0.15, -0.1) is 4.67 Å². The highest BCUT2D eigenvalue weighted by Gasteiger charge is 2.39. The molecule has 56 valence electrons. The molecule has 1 unspecified atom stereocenters. The molecule has 1 heterocycles. The van der Waals surface area contributed by atoms with Crippen LogP contribution in [0.25, 0.3) is 0 Å². The zero-order valence-electron chi connectivity index (χ0n) is 6.07. The summed E-state index contributed by atoms with van der Waals surface area (Å²) < 4.78 is 14.1. The summed E-state index contributed by atoms with van der Waals surface area (Å²) in [6, 6.07) is 0. The monoisotopic (exact) mass is 161 g/mol. The second kappa shape index (κ2) is 2.64. The summed E-state index contributed by atoms with van der Waals surface area (Å²) in [4.78, 5) is 10.9. The van der Waals surface area contributed by atoms with Crippen LogP contribution in [0, 0.1) is 0 Å². The summed E-state index contributed by atoms with van der Waals surface area (Å²) in [6.45, 7) is 0.610. The van der Waals surface area contributed by atoms with E-state index in [-0.39, 0.29) is 5.91 Å². The van der Waals surface area contributed by atoms with Crippen LogP contribution in [0.5, 0.6) is 0 Å². The number of carbonyl (C=O) groups is 1. The van der Waals surface area contributed by atoms with E-state index < -0.39 is 8.10 Å². The fraction of sp³-hybridized carbons (Fsp3) is 0.800. The Morgan fingerprint density at radius 1 is 1.50 bits per heavy atom. The molecule has 10 heavy (non-hydrogen) atoms. The van der Waals surface area contributed by atoms with Gasteiger partial charge in [0.2, 0.25) is 0 Å². The Labute approximate surface area is 60.7 Å². The molecule has 0 aromatic carbocycles. The van der Waals surface area contributed by atoms with Gasteiger partial charge in [0.25, 0.3) is 5.91 Å². The van der Waals surface area contributed by atoms with Gasteiger partial charge in [0.15, 0.2) is 0 Å². The predicted molar refractivity (Wildman–Crippen MR) is 37.6 cm³/mol. The van der Waals surface area contributed by atoms with E-state index in [1.165, 1.54) is 4.67 Å². The molecule has 4 nitrogen and oxygen atoms in total. The van der Waals surface area contributed by atoms with Gasteiger partial charge in [0.05, 0.1) is 13.6 Å². The molecule has 1 amide bonds. The SMILES string of the molecule is CN1CCC(=O)N(C)[P+]1=O. The molecule has 0 saturated carbocycles. The van der Waals surface area contributed by atoms with Gasteiger partial charge in [-0.05, 0) is 4.57 Å². The largest absolute Gasteiger partial charge is 0.568 e. The Balaban J connectivity index is 2.70. The van der Waals surface area contributed by atoms with E-state index in [0.717, 1.165) is 0 Å². The molecule has 0 aromatic heterocycles. The highest BCUT2D eigenvalue weighted by Crippen LogP contribution is 2.33. The molecule has 1 atom stereocenters. The van der Waals surface area contributed by atoms with Crippen LogP contribution in [0.3, 0.4) is 0 Å². The average molecular weight is 161 g/mol. The summed E-state index contributed by atoms with van der Waals surface area (Å²) >= 11 is 0. The van der Waals surface area contributed by atoms with E-state index >= 15 is 0 Å². The molecule has 1 aliphatic rings. The summed E-state index contributed by atoms with van der Waals surface area (Å²) in [5.74, 6) is -0.0285. The van der Waals surface area contributed by atoms with Crippen LogP contribution in [-0.4, -0.2) is 35.9 Å². The molecule has 0 aromatic rings. The van der Waals surface area contributed by atoms with Gasteiger partial charge >= 0.3 is 8.10 Å². The van der Waals surface area contributed by atoms with Gasteiger partial charge in [-0.1, -0.05) is 4.67 Å². The molecule has 5 heteroatoms. The number of hydrogen-bond acceptors (Lipinski definition) is 2. The molecular weight excluding hydrogens is 151 g/mol. The van der Waals surface area contributed by atoms with Gasteiger partial charge < -0.3 is 0 Å². The van der Waals surface area contributed by atoms with Crippen molar-refractivity contribution in [2.24, 2.45) is 0 Å². The van der Waals surface area contributed by atoms with Crippen LogP contribution in [0.4, 0.5) is 0 Å². The van der Waals surface area contributed by atoms with Crippen molar-refractivity contribution < 1.29 is 9.36 Å². The van der Waals surface area contributed by atoms with Gasteiger partial charge in [-0.2, -0.15) is 0 Å². The highest BCUT2D eigenvalue weighted by molar-refractivity contribution is 7.40. The standard InChI is InChI=1S/C5H10N2O2P/c1-6-4-3-5(8)7(2)10(6)9/h3-4H2,1-2H3/q+1. The molecule has 1 fully saturated rings. The zero-order valence-corrected chi connectivity index (χ0v) is 6.97. The number of amides is 1. The number of carbonyl (C=O) groups excluding carboxylic acids is 1. The van der Waals surface area contributed by atoms with Gasteiger partial charge in [0.1, 0.15) is 0 Å². The molecule has 1 rings (SSSR count). The fourth-order valence-electron chi connectivity index (χ4n) is 0.829. The van der Waals surface area contributed by atoms with E-state index in [1.807, 2.05) is 0 Å². The molecule has 0 radical (unpaired) electrons. The smallest absolute Gasteiger partial charge is 0.271 e. The quantitative estimate of drug-likeness (QED) is 0.484.